The Kier molecular flexibility index (Phi) is 6.12. The number of benzene rings is 2. The van der Waals surface area contributed by atoms with Gasteiger partial charge in [0.15, 0.2) is 0 Å². The number of nitrogens with zero attached hydrogens (tertiary/aromatic N) is 2. The Bertz CT molecular complexity index is 1110. The number of hydrogen-bond acceptors (Lipinski definition) is 3. The molecular weight excluding hydrogens is 386 g/mol. The fourth-order valence-corrected chi connectivity index (χ4v) is 4.05. The van der Waals surface area contributed by atoms with Crippen LogP contribution in [0, 0.1) is 19.8 Å². The Hall–Kier alpha value is -3.47. The van der Waals surface area contributed by atoms with Gasteiger partial charge in [0.25, 0.3) is 5.91 Å². The lowest BCUT2D eigenvalue weighted by molar-refractivity contribution is -0.121. The highest BCUT2D eigenvalue weighted by molar-refractivity contribution is 5.95. The number of nitrogens with one attached hydrogen (secondary N) is 1. The first-order valence-electron chi connectivity index (χ1n) is 10.7. The van der Waals surface area contributed by atoms with Gasteiger partial charge in [0, 0.05) is 24.5 Å². The minimum absolute atomic E-state index is 0.0453. The number of aromatic nitrogens is 1. The van der Waals surface area contributed by atoms with E-state index in [0.717, 1.165) is 35.3 Å². The molecule has 1 fully saturated rings. The summed E-state index contributed by atoms with van der Waals surface area (Å²) in [7, 11) is 0. The zero-order valence-corrected chi connectivity index (χ0v) is 18.0. The van der Waals surface area contributed by atoms with Gasteiger partial charge in [-0.3, -0.25) is 9.59 Å². The number of piperidine rings is 1. The normalized spacial score (nSPS) is 16.1. The minimum Gasteiger partial charge on any atom is -0.337 e. The van der Waals surface area contributed by atoms with E-state index in [0.29, 0.717) is 18.8 Å². The van der Waals surface area contributed by atoms with Crippen LogP contribution in [-0.2, 0) is 4.79 Å². The van der Waals surface area contributed by atoms with Crippen molar-refractivity contribution in [3.05, 3.63) is 83.7 Å². The summed E-state index contributed by atoms with van der Waals surface area (Å²) >= 11 is 0. The standard InChI is InChI=1S/C26H27N3O2/c1-18-7-3-9-20(15-18)21-10-5-12-23(16-21)28-25(30)22-11-6-14-29(17-22)26(31)24-13-4-8-19(2)27-24/h3-5,7-10,12-13,15-16,22H,6,11,14,17H2,1-2H3,(H,28,30)/t22-/m1/s1. The van der Waals surface area contributed by atoms with Gasteiger partial charge in [-0.1, -0.05) is 48.0 Å². The number of aryl methyl sites for hydroxylation is 2. The Morgan fingerprint density at radius 3 is 2.48 bits per heavy atom. The number of carbonyl (C=O) groups is 2. The van der Waals surface area contributed by atoms with Crippen molar-refractivity contribution in [1.29, 1.82) is 0 Å². The molecule has 4 rings (SSSR count). The van der Waals surface area contributed by atoms with Gasteiger partial charge in [0.2, 0.25) is 5.91 Å². The largest absolute Gasteiger partial charge is 0.337 e. The van der Waals surface area contributed by atoms with Crippen LogP contribution in [-0.4, -0.2) is 34.8 Å². The number of pyridine rings is 1. The van der Waals surface area contributed by atoms with Crippen LogP contribution in [0.2, 0.25) is 0 Å². The maximum Gasteiger partial charge on any atom is 0.272 e. The highest BCUT2D eigenvalue weighted by Gasteiger charge is 2.29. The molecule has 1 atom stereocenters. The maximum atomic E-state index is 13.0. The zero-order chi connectivity index (χ0) is 21.8. The predicted octanol–water partition coefficient (Wildman–Crippen LogP) is 4.86. The fraction of sp³-hybridized carbons (Fsp3) is 0.269. The summed E-state index contributed by atoms with van der Waals surface area (Å²) in [5.41, 5.74) is 5.40. The third-order valence-electron chi connectivity index (χ3n) is 5.67. The molecule has 3 aromatic rings. The molecule has 2 aromatic carbocycles. The van der Waals surface area contributed by atoms with Crippen molar-refractivity contribution in [2.24, 2.45) is 5.92 Å². The number of hydrogen-bond donors (Lipinski definition) is 1. The summed E-state index contributed by atoms with van der Waals surface area (Å²) < 4.78 is 0. The van der Waals surface area contributed by atoms with Gasteiger partial charge in [-0.15, -0.1) is 0 Å². The van der Waals surface area contributed by atoms with Crippen LogP contribution in [0.25, 0.3) is 11.1 Å². The average molecular weight is 414 g/mol. The third-order valence-corrected chi connectivity index (χ3v) is 5.67. The second kappa shape index (κ2) is 9.13. The Balaban J connectivity index is 1.44. The molecule has 158 valence electrons. The maximum absolute atomic E-state index is 13.0. The van der Waals surface area contributed by atoms with Crippen molar-refractivity contribution in [3.8, 4) is 11.1 Å². The lowest BCUT2D eigenvalue weighted by Crippen LogP contribution is -2.44. The van der Waals surface area contributed by atoms with Crippen LogP contribution < -0.4 is 5.32 Å². The topological polar surface area (TPSA) is 62.3 Å². The van der Waals surface area contributed by atoms with E-state index in [9.17, 15) is 9.59 Å². The number of likely N-dealkylation sites (tertiary alicyclic amines) is 1. The molecule has 5 heteroatoms. The molecule has 0 bridgehead atoms. The van der Waals surface area contributed by atoms with Crippen LogP contribution in [0.3, 0.4) is 0 Å². The van der Waals surface area contributed by atoms with Crippen molar-refractivity contribution in [2.45, 2.75) is 26.7 Å². The van der Waals surface area contributed by atoms with Gasteiger partial charge >= 0.3 is 0 Å². The average Bonchev–Trinajstić information content (AvgIpc) is 2.79. The summed E-state index contributed by atoms with van der Waals surface area (Å²) in [6.07, 6.45) is 1.58. The van der Waals surface area contributed by atoms with Gasteiger partial charge in [-0.25, -0.2) is 4.98 Å². The minimum atomic E-state index is -0.231. The first kappa shape index (κ1) is 20.8. The molecule has 1 aromatic heterocycles. The van der Waals surface area contributed by atoms with E-state index in [1.165, 1.54) is 5.56 Å². The molecular formula is C26H27N3O2. The molecule has 1 aliphatic rings. The van der Waals surface area contributed by atoms with Crippen LogP contribution in [0.5, 0.6) is 0 Å². The summed E-state index contributed by atoms with van der Waals surface area (Å²) in [4.78, 5) is 31.9. The molecule has 0 unspecified atom stereocenters. The third kappa shape index (κ3) is 5.00. The quantitative estimate of drug-likeness (QED) is 0.665. The van der Waals surface area contributed by atoms with Crippen molar-refractivity contribution in [2.75, 3.05) is 18.4 Å². The monoisotopic (exact) mass is 413 g/mol. The lowest BCUT2D eigenvalue weighted by Gasteiger charge is -2.32. The van der Waals surface area contributed by atoms with Crippen LogP contribution in [0.15, 0.2) is 66.7 Å². The van der Waals surface area contributed by atoms with E-state index in [4.69, 9.17) is 0 Å². The fourth-order valence-electron chi connectivity index (χ4n) is 4.05. The second-order valence-electron chi connectivity index (χ2n) is 8.19. The zero-order valence-electron chi connectivity index (χ0n) is 18.0. The molecule has 1 aliphatic heterocycles. The number of amides is 2. The first-order valence-corrected chi connectivity index (χ1v) is 10.7. The van der Waals surface area contributed by atoms with Crippen molar-refractivity contribution >= 4 is 17.5 Å². The Morgan fingerprint density at radius 2 is 1.71 bits per heavy atom. The SMILES string of the molecule is Cc1cccc(-c2cccc(NC(=O)[C@@H]3CCCN(C(=O)c4cccc(C)n4)C3)c2)c1. The Morgan fingerprint density at radius 1 is 0.968 bits per heavy atom. The summed E-state index contributed by atoms with van der Waals surface area (Å²) in [6.45, 7) is 5.00. The van der Waals surface area contributed by atoms with Gasteiger partial charge in [-0.05, 0) is 62.1 Å². The van der Waals surface area contributed by atoms with E-state index in [1.807, 2.05) is 49.4 Å². The smallest absolute Gasteiger partial charge is 0.272 e. The number of rotatable bonds is 4. The van der Waals surface area contributed by atoms with E-state index >= 15 is 0 Å². The molecule has 2 heterocycles. The van der Waals surface area contributed by atoms with Crippen molar-refractivity contribution < 1.29 is 9.59 Å². The first-order chi connectivity index (χ1) is 15.0. The van der Waals surface area contributed by atoms with E-state index in [2.05, 4.69) is 35.4 Å². The number of anilines is 1. The summed E-state index contributed by atoms with van der Waals surface area (Å²) in [6, 6.07) is 21.6. The second-order valence-corrected chi connectivity index (χ2v) is 8.19. The van der Waals surface area contributed by atoms with Gasteiger partial charge in [0.1, 0.15) is 5.69 Å². The van der Waals surface area contributed by atoms with Crippen molar-refractivity contribution in [3.63, 3.8) is 0 Å². The molecule has 2 amide bonds. The predicted molar refractivity (Wildman–Crippen MR) is 123 cm³/mol. The molecule has 0 radical (unpaired) electrons. The molecule has 31 heavy (non-hydrogen) atoms. The number of carbonyl (C=O) groups excluding carboxylic acids is 2. The van der Waals surface area contributed by atoms with Gasteiger partial charge < -0.3 is 10.2 Å². The van der Waals surface area contributed by atoms with Gasteiger partial charge in [-0.2, -0.15) is 0 Å². The molecule has 5 nitrogen and oxygen atoms in total. The Labute approximate surface area is 183 Å². The van der Waals surface area contributed by atoms with Crippen LogP contribution >= 0.6 is 0 Å². The molecule has 0 saturated carbocycles. The van der Waals surface area contributed by atoms with E-state index in [-0.39, 0.29) is 17.7 Å². The van der Waals surface area contributed by atoms with Gasteiger partial charge in [0.05, 0.1) is 5.92 Å². The van der Waals surface area contributed by atoms with Crippen molar-refractivity contribution in [1.82, 2.24) is 9.88 Å². The molecule has 0 aliphatic carbocycles. The molecule has 1 saturated heterocycles. The summed E-state index contributed by atoms with van der Waals surface area (Å²) in [5.74, 6) is -0.385. The lowest BCUT2D eigenvalue weighted by atomic mass is 9.96. The molecule has 1 N–H and O–H groups in total. The molecule has 0 spiro atoms. The van der Waals surface area contributed by atoms with E-state index in [1.54, 1.807) is 11.0 Å². The van der Waals surface area contributed by atoms with Crippen LogP contribution in [0.1, 0.15) is 34.6 Å². The highest BCUT2D eigenvalue weighted by atomic mass is 16.2. The summed E-state index contributed by atoms with van der Waals surface area (Å²) in [5, 5.41) is 3.05. The van der Waals surface area contributed by atoms with Crippen LogP contribution in [0.4, 0.5) is 5.69 Å². The van der Waals surface area contributed by atoms with E-state index < -0.39 is 0 Å². The highest BCUT2D eigenvalue weighted by Crippen LogP contribution is 2.25.